The van der Waals surface area contributed by atoms with Gasteiger partial charge in [-0.15, -0.1) is 0 Å². The normalized spacial score (nSPS) is 17.1. The van der Waals surface area contributed by atoms with Crippen molar-refractivity contribution in [2.24, 2.45) is 11.7 Å². The van der Waals surface area contributed by atoms with Gasteiger partial charge in [0, 0.05) is 19.5 Å². The number of carbonyl (C=O) groups excluding carboxylic acids is 3. The lowest BCUT2D eigenvalue weighted by atomic mass is 9.97. The van der Waals surface area contributed by atoms with Gasteiger partial charge in [0.1, 0.15) is 11.5 Å². The Kier molecular flexibility index (Phi) is 8.94. The number of nitrogens with zero attached hydrogens (tertiary/aromatic N) is 1. The molecular weight excluding hydrogens is 358 g/mol. The maximum Gasteiger partial charge on any atom is 0.257 e. The molecule has 0 spiro atoms. The molecule has 1 heterocycles. The van der Waals surface area contributed by atoms with E-state index >= 15 is 0 Å². The summed E-state index contributed by atoms with van der Waals surface area (Å²) in [5, 5.41) is 2.85. The van der Waals surface area contributed by atoms with Crippen molar-refractivity contribution in [1.82, 2.24) is 10.2 Å². The average Bonchev–Trinajstić information content (AvgIpc) is 2.69. The Morgan fingerprint density at radius 3 is 2.68 bits per heavy atom. The summed E-state index contributed by atoms with van der Waals surface area (Å²) in [7, 11) is 0. The lowest BCUT2D eigenvalue weighted by Crippen LogP contribution is -2.42. The lowest BCUT2D eigenvalue weighted by Gasteiger charge is -2.31. The number of amides is 2. The Morgan fingerprint density at radius 2 is 2.00 bits per heavy atom. The monoisotopic (exact) mass is 389 g/mol. The first-order valence-corrected chi connectivity index (χ1v) is 9.93. The molecule has 1 aromatic rings. The molecule has 2 amide bonds. The van der Waals surface area contributed by atoms with Crippen LogP contribution in [0, 0.1) is 5.92 Å². The van der Waals surface area contributed by atoms with Gasteiger partial charge < -0.3 is 25.5 Å². The molecule has 154 valence electrons. The second-order valence-corrected chi connectivity index (χ2v) is 7.38. The molecule has 1 unspecified atom stereocenters. The van der Waals surface area contributed by atoms with E-state index in [-0.39, 0.29) is 30.1 Å². The van der Waals surface area contributed by atoms with Crippen LogP contribution in [0.3, 0.4) is 0 Å². The van der Waals surface area contributed by atoms with Crippen LogP contribution in [0.1, 0.15) is 38.2 Å². The number of ketones is 1. The van der Waals surface area contributed by atoms with E-state index in [0.29, 0.717) is 25.1 Å². The number of Topliss-reactive ketones (excluding diaryl/α,β-unsaturated/α-hetero) is 1. The van der Waals surface area contributed by atoms with Crippen LogP contribution in [-0.2, 0) is 20.8 Å². The minimum atomic E-state index is -0.220. The molecule has 3 N–H and O–H groups in total. The van der Waals surface area contributed by atoms with Crippen molar-refractivity contribution in [2.75, 3.05) is 32.8 Å². The Balaban J connectivity index is 1.58. The zero-order chi connectivity index (χ0) is 20.4. The molecule has 1 aliphatic heterocycles. The number of likely N-dealkylation sites (tertiary alicyclic amines) is 1. The summed E-state index contributed by atoms with van der Waals surface area (Å²) in [4.78, 5) is 36.4. The van der Waals surface area contributed by atoms with Crippen molar-refractivity contribution < 1.29 is 19.1 Å². The topological polar surface area (TPSA) is 102 Å². The molecule has 1 atom stereocenters. The summed E-state index contributed by atoms with van der Waals surface area (Å²) in [5.74, 6) is 0.374. The number of ether oxygens (including phenoxy) is 1. The van der Waals surface area contributed by atoms with Crippen molar-refractivity contribution in [1.29, 1.82) is 0 Å². The first-order chi connectivity index (χ1) is 13.4. The van der Waals surface area contributed by atoms with Crippen molar-refractivity contribution in [3.63, 3.8) is 0 Å². The van der Waals surface area contributed by atoms with Gasteiger partial charge in [0.05, 0.1) is 5.92 Å². The Morgan fingerprint density at radius 1 is 1.25 bits per heavy atom. The maximum absolute atomic E-state index is 11.9. The van der Waals surface area contributed by atoms with E-state index in [9.17, 15) is 14.4 Å². The molecule has 0 saturated carbocycles. The van der Waals surface area contributed by atoms with Crippen LogP contribution < -0.4 is 15.8 Å². The highest BCUT2D eigenvalue weighted by Crippen LogP contribution is 2.16. The average molecular weight is 389 g/mol. The highest BCUT2D eigenvalue weighted by Gasteiger charge is 2.23. The third-order valence-electron chi connectivity index (χ3n) is 4.94. The number of nitrogens with two attached hydrogens (primary N) is 1. The largest absolute Gasteiger partial charge is 0.484 e. The molecular formula is C21H31N3O4. The third-order valence-corrected chi connectivity index (χ3v) is 4.94. The standard InChI is InChI=1S/C21H31N3O4/c1-16(25)5-6-17-7-9-19(10-8-17)28-15-20(26)23-11-3-13-24-12-2-4-18(14-24)21(22)27/h7-10,18H,2-6,11-15H2,1H3,(H2,22,27)(H,23,26). The van der Waals surface area contributed by atoms with Gasteiger partial charge in [-0.05, 0) is 63.4 Å². The molecule has 0 bridgehead atoms. The predicted molar refractivity (Wildman–Crippen MR) is 107 cm³/mol. The van der Waals surface area contributed by atoms with Crippen LogP contribution in [0.15, 0.2) is 24.3 Å². The minimum absolute atomic E-state index is 0.0275. The van der Waals surface area contributed by atoms with Crippen LogP contribution in [-0.4, -0.2) is 55.3 Å². The molecule has 7 nitrogen and oxygen atoms in total. The highest BCUT2D eigenvalue weighted by atomic mass is 16.5. The van der Waals surface area contributed by atoms with Crippen LogP contribution in [0.4, 0.5) is 0 Å². The molecule has 28 heavy (non-hydrogen) atoms. The maximum atomic E-state index is 11.9. The highest BCUT2D eigenvalue weighted by molar-refractivity contribution is 5.77. The molecule has 1 saturated heterocycles. The molecule has 1 aromatic carbocycles. The number of rotatable bonds is 11. The number of nitrogens with one attached hydrogen (secondary N) is 1. The number of hydrogen-bond acceptors (Lipinski definition) is 5. The van der Waals surface area contributed by atoms with Gasteiger partial charge in [0.25, 0.3) is 5.91 Å². The van der Waals surface area contributed by atoms with Gasteiger partial charge in [0.15, 0.2) is 6.61 Å². The van der Waals surface area contributed by atoms with E-state index in [4.69, 9.17) is 10.5 Å². The van der Waals surface area contributed by atoms with Gasteiger partial charge in [-0.3, -0.25) is 9.59 Å². The van der Waals surface area contributed by atoms with Gasteiger partial charge in [-0.1, -0.05) is 12.1 Å². The summed E-state index contributed by atoms with van der Waals surface area (Å²) < 4.78 is 5.50. The van der Waals surface area contributed by atoms with Gasteiger partial charge in [0.2, 0.25) is 5.91 Å². The summed E-state index contributed by atoms with van der Waals surface area (Å²) in [5.41, 5.74) is 6.46. The third kappa shape index (κ3) is 8.08. The fourth-order valence-electron chi connectivity index (χ4n) is 3.29. The summed E-state index contributed by atoms with van der Waals surface area (Å²) in [6.45, 7) is 4.66. The van der Waals surface area contributed by atoms with Gasteiger partial charge in [-0.2, -0.15) is 0 Å². The smallest absolute Gasteiger partial charge is 0.257 e. The molecule has 2 rings (SSSR count). The first-order valence-electron chi connectivity index (χ1n) is 9.93. The molecule has 1 aliphatic rings. The summed E-state index contributed by atoms with van der Waals surface area (Å²) >= 11 is 0. The van der Waals surface area contributed by atoms with E-state index in [1.165, 1.54) is 0 Å². The van der Waals surface area contributed by atoms with E-state index in [1.807, 2.05) is 24.3 Å². The molecule has 0 aromatic heterocycles. The Hall–Kier alpha value is -2.41. The van der Waals surface area contributed by atoms with E-state index in [2.05, 4.69) is 10.2 Å². The zero-order valence-electron chi connectivity index (χ0n) is 16.6. The fourth-order valence-corrected chi connectivity index (χ4v) is 3.29. The van der Waals surface area contributed by atoms with Crippen LogP contribution in [0.2, 0.25) is 0 Å². The number of hydrogen-bond donors (Lipinski definition) is 2. The SMILES string of the molecule is CC(=O)CCc1ccc(OCC(=O)NCCCN2CCCC(C(N)=O)C2)cc1. The van der Waals surface area contributed by atoms with Crippen molar-refractivity contribution in [2.45, 2.75) is 39.0 Å². The van der Waals surface area contributed by atoms with E-state index in [0.717, 1.165) is 44.5 Å². The van der Waals surface area contributed by atoms with Gasteiger partial charge in [-0.25, -0.2) is 0 Å². The number of primary amides is 1. The molecule has 0 radical (unpaired) electrons. The Bertz CT molecular complexity index is 660. The lowest BCUT2D eigenvalue weighted by molar-refractivity contribution is -0.123. The quantitative estimate of drug-likeness (QED) is 0.555. The predicted octanol–water partition coefficient (Wildman–Crippen LogP) is 1.29. The van der Waals surface area contributed by atoms with Gasteiger partial charge >= 0.3 is 0 Å². The number of benzene rings is 1. The number of piperidine rings is 1. The van der Waals surface area contributed by atoms with Crippen molar-refractivity contribution in [3.05, 3.63) is 29.8 Å². The molecule has 1 fully saturated rings. The zero-order valence-corrected chi connectivity index (χ0v) is 16.6. The fraction of sp³-hybridized carbons (Fsp3) is 0.571. The van der Waals surface area contributed by atoms with Crippen LogP contribution in [0.5, 0.6) is 5.75 Å². The number of carbonyl (C=O) groups is 3. The summed E-state index contributed by atoms with van der Waals surface area (Å²) in [6.07, 6.45) is 3.93. The second-order valence-electron chi connectivity index (χ2n) is 7.38. The molecule has 0 aliphatic carbocycles. The number of aryl methyl sites for hydroxylation is 1. The van der Waals surface area contributed by atoms with Crippen molar-refractivity contribution >= 4 is 17.6 Å². The van der Waals surface area contributed by atoms with Crippen LogP contribution >= 0.6 is 0 Å². The van der Waals surface area contributed by atoms with Crippen LogP contribution in [0.25, 0.3) is 0 Å². The second kappa shape index (κ2) is 11.4. The molecule has 7 heteroatoms. The minimum Gasteiger partial charge on any atom is -0.484 e. The van der Waals surface area contributed by atoms with E-state index in [1.54, 1.807) is 6.92 Å². The first kappa shape index (κ1) is 21.9. The Labute approximate surface area is 166 Å². The van der Waals surface area contributed by atoms with Crippen molar-refractivity contribution in [3.8, 4) is 5.75 Å². The van der Waals surface area contributed by atoms with E-state index < -0.39 is 0 Å². The summed E-state index contributed by atoms with van der Waals surface area (Å²) in [6, 6.07) is 7.45.